The van der Waals surface area contributed by atoms with Gasteiger partial charge >= 0.3 is 5.97 Å². The predicted molar refractivity (Wildman–Crippen MR) is 121 cm³/mol. The quantitative estimate of drug-likeness (QED) is 0.579. The number of aliphatic carboxylic acids is 1. The van der Waals surface area contributed by atoms with Crippen LogP contribution in [0.2, 0.25) is 0 Å². The zero-order valence-electron chi connectivity index (χ0n) is 17.5. The summed E-state index contributed by atoms with van der Waals surface area (Å²) in [6.07, 6.45) is 0.697. The summed E-state index contributed by atoms with van der Waals surface area (Å²) in [5.41, 5.74) is 7.35. The van der Waals surface area contributed by atoms with E-state index in [9.17, 15) is 9.90 Å². The minimum atomic E-state index is -0.854. The second kappa shape index (κ2) is 10.8. The van der Waals surface area contributed by atoms with E-state index in [2.05, 4.69) is 27.7 Å². The minimum Gasteiger partial charge on any atom is -0.481 e. The normalized spacial score (nSPS) is 12.8. The fourth-order valence-corrected chi connectivity index (χ4v) is 3.61. The van der Waals surface area contributed by atoms with Crippen molar-refractivity contribution in [1.82, 2.24) is 0 Å². The molecule has 0 amide bonds. The Morgan fingerprint density at radius 3 is 1.72 bits per heavy atom. The molecule has 0 bridgehead atoms. The average Bonchev–Trinajstić information content (AvgIpc) is 2.66. The number of aliphatic hydroxyl groups excluding tert-OH is 1. The molecular weight excluding hydrogens is 434 g/mol. The molecular formula is C23H32BrNO4. The molecule has 2 aromatic rings. The third-order valence-corrected chi connectivity index (χ3v) is 5.62. The number of halogens is 1. The summed E-state index contributed by atoms with van der Waals surface area (Å²) in [6.45, 7) is 8.61. The molecule has 29 heavy (non-hydrogen) atoms. The lowest BCUT2D eigenvalue weighted by Crippen LogP contribution is -2.50. The van der Waals surface area contributed by atoms with Gasteiger partial charge in [0, 0.05) is 23.3 Å². The summed E-state index contributed by atoms with van der Waals surface area (Å²) in [5, 5.41) is 18.2. The number of fused-ring (bicyclic) bond motifs is 2. The number of carboxylic acid groups (broad SMARTS) is 1. The molecule has 3 rings (SSSR count). The molecule has 160 valence electrons. The van der Waals surface area contributed by atoms with Crippen molar-refractivity contribution < 1.29 is 19.7 Å². The third kappa shape index (κ3) is 5.59. The van der Waals surface area contributed by atoms with Crippen molar-refractivity contribution in [1.29, 1.82) is 0 Å². The molecule has 0 radical (unpaired) electrons. The van der Waals surface area contributed by atoms with E-state index in [0.29, 0.717) is 40.9 Å². The fourth-order valence-electron chi connectivity index (χ4n) is 3.61. The number of nitrogens with two attached hydrogens (primary N) is 1. The van der Waals surface area contributed by atoms with E-state index < -0.39 is 11.9 Å². The monoisotopic (exact) mass is 465 g/mol. The highest BCUT2D eigenvalue weighted by molar-refractivity contribution is 8.93. The number of para-hydroxylation sites is 2. The largest absolute Gasteiger partial charge is 0.481 e. The SMILES string of the molecule is Br.CC(C)C(N)(CCO)C(C)C.O=C(O)C1c2ccccc2Oc2ccccc21. The van der Waals surface area contributed by atoms with E-state index in [1.165, 1.54) is 0 Å². The smallest absolute Gasteiger partial charge is 0.315 e. The van der Waals surface area contributed by atoms with Crippen molar-refractivity contribution in [3.8, 4) is 11.5 Å². The van der Waals surface area contributed by atoms with Gasteiger partial charge in [-0.15, -0.1) is 17.0 Å². The van der Waals surface area contributed by atoms with Gasteiger partial charge in [0.1, 0.15) is 17.4 Å². The Morgan fingerprint density at radius 2 is 1.41 bits per heavy atom. The van der Waals surface area contributed by atoms with Crippen LogP contribution in [0.5, 0.6) is 11.5 Å². The van der Waals surface area contributed by atoms with Crippen LogP contribution in [0.15, 0.2) is 48.5 Å². The molecule has 4 N–H and O–H groups in total. The van der Waals surface area contributed by atoms with E-state index in [-0.39, 0.29) is 29.1 Å². The van der Waals surface area contributed by atoms with Crippen LogP contribution in [-0.2, 0) is 4.79 Å². The lowest BCUT2D eigenvalue weighted by atomic mass is 9.76. The van der Waals surface area contributed by atoms with Crippen molar-refractivity contribution in [3.05, 3.63) is 59.7 Å². The van der Waals surface area contributed by atoms with Gasteiger partial charge in [0.2, 0.25) is 0 Å². The molecule has 5 nitrogen and oxygen atoms in total. The molecule has 0 aromatic heterocycles. The maximum absolute atomic E-state index is 11.4. The summed E-state index contributed by atoms with van der Waals surface area (Å²) in [7, 11) is 0. The van der Waals surface area contributed by atoms with Crippen LogP contribution in [0, 0.1) is 11.8 Å². The first-order chi connectivity index (χ1) is 13.2. The number of rotatable bonds is 5. The first-order valence-electron chi connectivity index (χ1n) is 9.70. The van der Waals surface area contributed by atoms with Crippen LogP contribution in [0.1, 0.15) is 51.2 Å². The number of benzene rings is 2. The van der Waals surface area contributed by atoms with Gasteiger partial charge in [-0.2, -0.15) is 0 Å². The molecule has 6 heteroatoms. The van der Waals surface area contributed by atoms with Crippen molar-refractivity contribution >= 4 is 23.0 Å². The van der Waals surface area contributed by atoms with E-state index in [0.717, 1.165) is 0 Å². The summed E-state index contributed by atoms with van der Waals surface area (Å²) >= 11 is 0. The van der Waals surface area contributed by atoms with Gasteiger partial charge in [-0.05, 0) is 30.4 Å². The van der Waals surface area contributed by atoms with Gasteiger partial charge in [-0.1, -0.05) is 64.1 Å². The summed E-state index contributed by atoms with van der Waals surface area (Å²) in [4.78, 5) is 11.4. The zero-order chi connectivity index (χ0) is 20.9. The molecule has 0 spiro atoms. The van der Waals surface area contributed by atoms with Crippen LogP contribution in [0.3, 0.4) is 0 Å². The number of carboxylic acids is 1. The van der Waals surface area contributed by atoms with E-state index in [1.54, 1.807) is 24.3 Å². The maximum atomic E-state index is 11.4. The molecule has 2 aromatic carbocycles. The Balaban J connectivity index is 0.000000310. The number of hydrogen-bond donors (Lipinski definition) is 3. The highest BCUT2D eigenvalue weighted by Crippen LogP contribution is 2.43. The van der Waals surface area contributed by atoms with Crippen molar-refractivity contribution in [2.24, 2.45) is 17.6 Å². The number of hydrogen-bond acceptors (Lipinski definition) is 4. The maximum Gasteiger partial charge on any atom is 0.315 e. The Hall–Kier alpha value is -1.89. The van der Waals surface area contributed by atoms with Crippen LogP contribution in [-0.4, -0.2) is 28.3 Å². The first-order valence-corrected chi connectivity index (χ1v) is 9.70. The van der Waals surface area contributed by atoms with Crippen LogP contribution in [0.4, 0.5) is 0 Å². The molecule has 0 aliphatic carbocycles. The Bertz CT molecular complexity index is 753. The second-order valence-corrected chi connectivity index (χ2v) is 7.84. The lowest BCUT2D eigenvalue weighted by Gasteiger charge is -2.37. The van der Waals surface area contributed by atoms with Crippen molar-refractivity contribution in [2.45, 2.75) is 45.6 Å². The van der Waals surface area contributed by atoms with E-state index in [1.807, 2.05) is 24.3 Å². The lowest BCUT2D eigenvalue weighted by molar-refractivity contribution is -0.137. The van der Waals surface area contributed by atoms with Crippen molar-refractivity contribution in [2.75, 3.05) is 6.61 Å². The summed E-state index contributed by atoms with van der Waals surface area (Å²) in [5.74, 6) is 0.603. The fraction of sp³-hybridized carbons (Fsp3) is 0.435. The standard InChI is InChI=1S/C14H10O3.C9H21NO.BrH/c15-14(16)13-9-5-1-3-7-11(9)17-12-8-4-2-6-10(12)13;1-7(2)9(10,5-6-11)8(3)4;/h1-8,13H,(H,15,16);7-8,11H,5-6,10H2,1-4H3;1H. The molecule has 0 saturated carbocycles. The highest BCUT2D eigenvalue weighted by Gasteiger charge is 2.32. The van der Waals surface area contributed by atoms with E-state index in [4.69, 9.17) is 15.6 Å². The molecule has 0 unspecified atom stereocenters. The van der Waals surface area contributed by atoms with Gasteiger partial charge in [-0.3, -0.25) is 4.79 Å². The molecule has 1 heterocycles. The topological polar surface area (TPSA) is 92.8 Å². The van der Waals surface area contributed by atoms with Gasteiger partial charge in [0.15, 0.2) is 0 Å². The zero-order valence-corrected chi connectivity index (χ0v) is 19.2. The highest BCUT2D eigenvalue weighted by atomic mass is 79.9. The summed E-state index contributed by atoms with van der Waals surface area (Å²) < 4.78 is 5.69. The van der Waals surface area contributed by atoms with Crippen LogP contribution < -0.4 is 10.5 Å². The predicted octanol–water partition coefficient (Wildman–Crippen LogP) is 4.97. The minimum absolute atomic E-state index is 0. The van der Waals surface area contributed by atoms with Crippen LogP contribution >= 0.6 is 17.0 Å². The molecule has 1 aliphatic rings. The summed E-state index contributed by atoms with van der Waals surface area (Å²) in [6, 6.07) is 14.5. The van der Waals surface area contributed by atoms with Gasteiger partial charge in [0.05, 0.1) is 0 Å². The number of carbonyl (C=O) groups is 1. The Kier molecular flexibility index (Phi) is 9.33. The van der Waals surface area contributed by atoms with Gasteiger partial charge < -0.3 is 20.7 Å². The van der Waals surface area contributed by atoms with Crippen molar-refractivity contribution in [3.63, 3.8) is 0 Å². The molecule has 1 aliphatic heterocycles. The molecule has 0 saturated heterocycles. The second-order valence-electron chi connectivity index (χ2n) is 7.84. The van der Waals surface area contributed by atoms with E-state index >= 15 is 0 Å². The van der Waals surface area contributed by atoms with Gasteiger partial charge in [-0.25, -0.2) is 0 Å². The molecule has 0 fully saturated rings. The third-order valence-electron chi connectivity index (χ3n) is 5.62. The average molecular weight is 466 g/mol. The Morgan fingerprint density at radius 1 is 1.00 bits per heavy atom. The number of ether oxygens (including phenoxy) is 1. The number of aliphatic hydroxyl groups is 1. The molecule has 0 atom stereocenters. The Labute approximate surface area is 183 Å². The van der Waals surface area contributed by atoms with Gasteiger partial charge in [0.25, 0.3) is 0 Å². The van der Waals surface area contributed by atoms with Crippen LogP contribution in [0.25, 0.3) is 0 Å². The first kappa shape index (κ1) is 25.1.